The molecular weight excluding hydrogens is 414 g/mol. The normalized spacial score (nSPS) is 18.6. The van der Waals surface area contributed by atoms with Gasteiger partial charge in [0, 0.05) is 11.1 Å². The number of ether oxygens (including phenoxy) is 1. The van der Waals surface area contributed by atoms with E-state index < -0.39 is 29.7 Å². The monoisotopic (exact) mass is 449 g/mol. The second kappa shape index (κ2) is 11.3. The average molecular weight is 450 g/mol. The fraction of sp³-hybridized carbons (Fsp3) is 0.429. The first-order valence-electron chi connectivity index (χ1n) is 11.9. The van der Waals surface area contributed by atoms with Crippen molar-refractivity contribution in [2.75, 3.05) is 0 Å². The van der Waals surface area contributed by atoms with Crippen LogP contribution in [0.1, 0.15) is 64.0 Å². The SMILES string of the molecule is CCCCC[C@H](O)C/C=C/C(=O)N1C(=O)OC(c2ccccc2)(c2ccccc2)[C@@H]1C(C)C. The molecule has 0 unspecified atom stereocenters. The van der Waals surface area contributed by atoms with E-state index in [1.807, 2.05) is 74.5 Å². The van der Waals surface area contributed by atoms with Crippen molar-refractivity contribution in [1.29, 1.82) is 0 Å². The predicted molar refractivity (Wildman–Crippen MR) is 130 cm³/mol. The van der Waals surface area contributed by atoms with Gasteiger partial charge >= 0.3 is 6.09 Å². The number of hydrogen-bond acceptors (Lipinski definition) is 4. The number of hydrogen-bond donors (Lipinski definition) is 1. The Morgan fingerprint density at radius 3 is 2.15 bits per heavy atom. The Morgan fingerprint density at radius 2 is 1.64 bits per heavy atom. The summed E-state index contributed by atoms with van der Waals surface area (Å²) in [5.41, 5.74) is 0.555. The standard InChI is InChI=1S/C28H35NO4/c1-4-5-8-18-24(30)19-13-20-25(31)29-26(21(2)3)28(33-27(29)32,22-14-9-6-10-15-22)23-16-11-7-12-17-23/h6-7,9-17,20-21,24,26,30H,4-5,8,18-19H2,1-3H3/b20-13+/t24-,26-/m0/s1. The topological polar surface area (TPSA) is 66.8 Å². The van der Waals surface area contributed by atoms with Crippen molar-refractivity contribution in [2.45, 2.75) is 70.6 Å². The molecule has 1 saturated heterocycles. The minimum Gasteiger partial charge on any atom is -0.430 e. The summed E-state index contributed by atoms with van der Waals surface area (Å²) in [6.45, 7) is 6.11. The molecule has 1 aliphatic rings. The van der Waals surface area contributed by atoms with E-state index in [-0.39, 0.29) is 5.92 Å². The molecule has 2 atom stereocenters. The molecule has 2 aromatic carbocycles. The first-order chi connectivity index (χ1) is 15.9. The van der Waals surface area contributed by atoms with Crippen LogP contribution in [0.25, 0.3) is 0 Å². The van der Waals surface area contributed by atoms with Crippen molar-refractivity contribution in [2.24, 2.45) is 5.92 Å². The lowest BCUT2D eigenvalue weighted by Crippen LogP contribution is -2.49. The molecule has 5 heteroatoms. The maximum absolute atomic E-state index is 13.2. The van der Waals surface area contributed by atoms with E-state index in [1.165, 1.54) is 11.0 Å². The number of unbranched alkanes of at least 4 members (excludes halogenated alkanes) is 2. The average Bonchev–Trinajstić information content (AvgIpc) is 3.14. The third kappa shape index (κ3) is 5.36. The van der Waals surface area contributed by atoms with E-state index in [0.29, 0.717) is 12.8 Å². The highest BCUT2D eigenvalue weighted by molar-refractivity contribution is 6.00. The van der Waals surface area contributed by atoms with Crippen LogP contribution in [0.15, 0.2) is 72.8 Å². The fourth-order valence-electron chi connectivity index (χ4n) is 4.69. The first-order valence-corrected chi connectivity index (χ1v) is 11.9. The van der Waals surface area contributed by atoms with Crippen LogP contribution in [0.3, 0.4) is 0 Å². The van der Waals surface area contributed by atoms with Gasteiger partial charge in [0.15, 0.2) is 5.60 Å². The maximum Gasteiger partial charge on any atom is 0.418 e. The summed E-state index contributed by atoms with van der Waals surface area (Å²) in [6, 6.07) is 18.7. The zero-order chi connectivity index (χ0) is 23.8. The van der Waals surface area contributed by atoms with Gasteiger partial charge in [0.1, 0.15) is 0 Å². The number of cyclic esters (lactones) is 1. The van der Waals surface area contributed by atoms with Gasteiger partial charge in [0.05, 0.1) is 12.1 Å². The summed E-state index contributed by atoms with van der Waals surface area (Å²) in [7, 11) is 0. The summed E-state index contributed by atoms with van der Waals surface area (Å²) in [6.07, 6.45) is 6.14. The van der Waals surface area contributed by atoms with E-state index in [0.717, 1.165) is 30.4 Å². The number of rotatable bonds is 10. The Morgan fingerprint density at radius 1 is 1.06 bits per heavy atom. The minimum atomic E-state index is -1.10. The van der Waals surface area contributed by atoms with Gasteiger partial charge in [-0.05, 0) is 24.8 Å². The highest BCUT2D eigenvalue weighted by atomic mass is 16.6. The number of amides is 2. The molecule has 5 nitrogen and oxygen atoms in total. The van der Waals surface area contributed by atoms with E-state index in [2.05, 4.69) is 6.92 Å². The summed E-state index contributed by atoms with van der Waals surface area (Å²) in [4.78, 5) is 27.6. The number of benzene rings is 2. The number of aliphatic hydroxyl groups is 1. The van der Waals surface area contributed by atoms with Gasteiger partial charge in [-0.15, -0.1) is 0 Å². The first kappa shape index (κ1) is 24.7. The van der Waals surface area contributed by atoms with Crippen molar-refractivity contribution in [3.8, 4) is 0 Å². The molecule has 0 aromatic heterocycles. The lowest BCUT2D eigenvalue weighted by atomic mass is 9.75. The molecule has 0 spiro atoms. The van der Waals surface area contributed by atoms with Gasteiger partial charge in [-0.1, -0.05) is 107 Å². The smallest absolute Gasteiger partial charge is 0.418 e. The van der Waals surface area contributed by atoms with Crippen LogP contribution in [-0.4, -0.2) is 34.2 Å². The summed E-state index contributed by atoms with van der Waals surface area (Å²) in [5, 5.41) is 10.2. The Labute approximate surface area is 197 Å². The number of carbonyl (C=O) groups is 2. The van der Waals surface area contributed by atoms with Crippen LogP contribution in [0.4, 0.5) is 4.79 Å². The highest BCUT2D eigenvalue weighted by Crippen LogP contribution is 2.47. The molecule has 0 aliphatic carbocycles. The Hall–Kier alpha value is -2.92. The van der Waals surface area contributed by atoms with Crippen LogP contribution < -0.4 is 0 Å². The third-order valence-electron chi connectivity index (χ3n) is 6.22. The number of imide groups is 1. The molecule has 3 rings (SSSR count). The molecule has 2 aromatic rings. The minimum absolute atomic E-state index is 0.0613. The summed E-state index contributed by atoms with van der Waals surface area (Å²) < 4.78 is 6.10. The second-order valence-electron chi connectivity index (χ2n) is 9.02. The zero-order valence-electron chi connectivity index (χ0n) is 19.8. The number of carbonyl (C=O) groups excluding carboxylic acids is 2. The van der Waals surface area contributed by atoms with E-state index >= 15 is 0 Å². The molecule has 1 fully saturated rings. The lowest BCUT2D eigenvalue weighted by molar-refractivity contribution is -0.125. The Kier molecular flexibility index (Phi) is 8.45. The lowest BCUT2D eigenvalue weighted by Gasteiger charge is -2.37. The van der Waals surface area contributed by atoms with E-state index in [9.17, 15) is 14.7 Å². The number of aliphatic hydroxyl groups excluding tert-OH is 1. The quantitative estimate of drug-likeness (QED) is 0.367. The van der Waals surface area contributed by atoms with Crippen LogP contribution in [0, 0.1) is 5.92 Å². The van der Waals surface area contributed by atoms with Gasteiger partial charge in [-0.2, -0.15) is 0 Å². The molecule has 1 aliphatic heterocycles. The van der Waals surface area contributed by atoms with Gasteiger partial charge in [-0.3, -0.25) is 4.79 Å². The van der Waals surface area contributed by atoms with Crippen LogP contribution >= 0.6 is 0 Å². The Balaban J connectivity index is 1.92. The van der Waals surface area contributed by atoms with Crippen LogP contribution in [-0.2, 0) is 15.1 Å². The van der Waals surface area contributed by atoms with Crippen molar-refractivity contribution in [3.63, 3.8) is 0 Å². The van der Waals surface area contributed by atoms with Crippen molar-refractivity contribution in [3.05, 3.63) is 83.9 Å². The van der Waals surface area contributed by atoms with E-state index in [1.54, 1.807) is 6.08 Å². The van der Waals surface area contributed by atoms with Gasteiger partial charge in [0.25, 0.3) is 5.91 Å². The second-order valence-corrected chi connectivity index (χ2v) is 9.02. The molecule has 1 N–H and O–H groups in total. The van der Waals surface area contributed by atoms with Crippen molar-refractivity contribution in [1.82, 2.24) is 4.90 Å². The van der Waals surface area contributed by atoms with E-state index in [4.69, 9.17) is 4.74 Å². The molecule has 176 valence electrons. The van der Waals surface area contributed by atoms with Gasteiger partial charge < -0.3 is 9.84 Å². The predicted octanol–water partition coefficient (Wildman–Crippen LogP) is 5.82. The molecule has 33 heavy (non-hydrogen) atoms. The zero-order valence-corrected chi connectivity index (χ0v) is 19.8. The molecule has 2 amide bonds. The molecule has 0 bridgehead atoms. The van der Waals surface area contributed by atoms with Crippen LogP contribution in [0.5, 0.6) is 0 Å². The van der Waals surface area contributed by atoms with Crippen molar-refractivity contribution < 1.29 is 19.4 Å². The fourth-order valence-corrected chi connectivity index (χ4v) is 4.69. The molecular formula is C28H35NO4. The van der Waals surface area contributed by atoms with Gasteiger partial charge in [0.2, 0.25) is 0 Å². The number of nitrogens with zero attached hydrogens (tertiary/aromatic N) is 1. The summed E-state index contributed by atoms with van der Waals surface area (Å²) >= 11 is 0. The van der Waals surface area contributed by atoms with Crippen LogP contribution in [0.2, 0.25) is 0 Å². The highest BCUT2D eigenvalue weighted by Gasteiger charge is 2.58. The molecule has 0 saturated carbocycles. The largest absolute Gasteiger partial charge is 0.430 e. The molecule has 0 radical (unpaired) electrons. The third-order valence-corrected chi connectivity index (χ3v) is 6.22. The molecule has 1 heterocycles. The summed E-state index contributed by atoms with van der Waals surface area (Å²) in [5.74, 6) is -0.484. The Bertz CT molecular complexity index is 899. The van der Waals surface area contributed by atoms with Gasteiger partial charge in [-0.25, -0.2) is 9.69 Å². The maximum atomic E-state index is 13.2. The van der Waals surface area contributed by atoms with Crippen molar-refractivity contribution >= 4 is 12.0 Å².